The molecule has 1 aliphatic heterocycles. The summed E-state index contributed by atoms with van der Waals surface area (Å²) in [4.78, 5) is 13.9. The van der Waals surface area contributed by atoms with Crippen LogP contribution in [0.5, 0.6) is 5.95 Å². The van der Waals surface area contributed by atoms with Crippen molar-refractivity contribution in [3.8, 4) is 27.3 Å². The minimum absolute atomic E-state index is 0.287. The maximum absolute atomic E-state index is 9.06. The highest BCUT2D eigenvalue weighted by molar-refractivity contribution is 7.18. The van der Waals surface area contributed by atoms with E-state index in [4.69, 9.17) is 14.4 Å². The Kier molecular flexibility index (Phi) is 3.30. The van der Waals surface area contributed by atoms with Gasteiger partial charge >= 0.3 is 5.95 Å². The predicted octanol–water partition coefficient (Wildman–Crippen LogP) is 3.13. The van der Waals surface area contributed by atoms with Gasteiger partial charge in [-0.3, -0.25) is 4.98 Å². The van der Waals surface area contributed by atoms with Crippen LogP contribution in [0, 0.1) is 6.92 Å². The minimum atomic E-state index is 0.287. The number of nitrogens with zero attached hydrogens (tertiary/aromatic N) is 4. The van der Waals surface area contributed by atoms with Gasteiger partial charge in [0, 0.05) is 24.4 Å². The fourth-order valence-electron chi connectivity index (χ4n) is 2.35. The third-order valence-corrected chi connectivity index (χ3v) is 4.66. The van der Waals surface area contributed by atoms with Crippen molar-refractivity contribution in [1.29, 1.82) is 0 Å². The number of aromatic nitrogens is 3. The monoisotopic (exact) mass is 328 g/mol. The largest absolute Gasteiger partial charge is 0.463 e. The van der Waals surface area contributed by atoms with E-state index in [1.165, 1.54) is 11.3 Å². The minimum Gasteiger partial charge on any atom is -0.463 e. The molecule has 8 heteroatoms. The molecule has 4 rings (SSSR count). The molecule has 0 spiro atoms. The Hall–Kier alpha value is -2.74. The summed E-state index contributed by atoms with van der Waals surface area (Å²) in [6, 6.07) is 3.82. The number of ether oxygens (including phenoxy) is 1. The maximum atomic E-state index is 9.06. The van der Waals surface area contributed by atoms with Gasteiger partial charge in [-0.1, -0.05) is 5.16 Å². The zero-order valence-corrected chi connectivity index (χ0v) is 13.0. The molecule has 0 aliphatic carbocycles. The van der Waals surface area contributed by atoms with Crippen molar-refractivity contribution in [1.82, 2.24) is 15.0 Å². The molecule has 4 heterocycles. The average molecular weight is 328 g/mol. The lowest BCUT2D eigenvalue weighted by Gasteiger charge is -2.09. The third-order valence-electron chi connectivity index (χ3n) is 3.46. The number of pyridine rings is 1. The topological polar surface area (TPSA) is 93.6 Å². The molecule has 0 unspecified atom stereocenters. The summed E-state index contributed by atoms with van der Waals surface area (Å²) in [5.74, 6) is 0.706. The van der Waals surface area contributed by atoms with E-state index in [-0.39, 0.29) is 5.95 Å². The fraction of sp³-hybridized carbons (Fsp3) is 0.200. The molecule has 7 nitrogen and oxygen atoms in total. The fourth-order valence-corrected chi connectivity index (χ4v) is 3.33. The first-order valence-electron chi connectivity index (χ1n) is 6.99. The van der Waals surface area contributed by atoms with E-state index >= 15 is 0 Å². The van der Waals surface area contributed by atoms with Crippen LogP contribution in [0.2, 0.25) is 0 Å². The van der Waals surface area contributed by atoms with E-state index in [1.807, 2.05) is 19.1 Å². The van der Waals surface area contributed by atoms with Gasteiger partial charge in [0.15, 0.2) is 5.69 Å². The summed E-state index contributed by atoms with van der Waals surface area (Å²) in [5, 5.41) is 13.2. The molecule has 0 aromatic carbocycles. The van der Waals surface area contributed by atoms with E-state index in [0.717, 1.165) is 21.1 Å². The van der Waals surface area contributed by atoms with Gasteiger partial charge in [-0.15, -0.1) is 11.3 Å². The first-order chi connectivity index (χ1) is 11.3. The molecule has 0 atom stereocenters. The van der Waals surface area contributed by atoms with Crippen molar-refractivity contribution >= 4 is 17.0 Å². The highest BCUT2D eigenvalue weighted by Gasteiger charge is 2.27. The van der Waals surface area contributed by atoms with Crippen LogP contribution in [0.1, 0.15) is 17.8 Å². The van der Waals surface area contributed by atoms with E-state index < -0.39 is 0 Å². The van der Waals surface area contributed by atoms with Crippen molar-refractivity contribution in [2.75, 3.05) is 6.61 Å². The van der Waals surface area contributed by atoms with Crippen LogP contribution in [0.15, 0.2) is 34.1 Å². The number of thiazole rings is 1. The summed E-state index contributed by atoms with van der Waals surface area (Å²) in [7, 11) is 0. The second kappa shape index (κ2) is 5.47. The van der Waals surface area contributed by atoms with Gasteiger partial charge in [-0.25, -0.2) is 9.97 Å². The van der Waals surface area contributed by atoms with Crippen LogP contribution in [-0.4, -0.2) is 32.5 Å². The first-order valence-corrected chi connectivity index (χ1v) is 7.81. The molecule has 116 valence electrons. The molecule has 3 aromatic heterocycles. The normalized spacial score (nSPS) is 15.4. The van der Waals surface area contributed by atoms with Gasteiger partial charge in [-0.05, 0) is 19.1 Å². The Bertz CT molecular complexity index is 886. The predicted molar refractivity (Wildman–Crippen MR) is 84.0 cm³/mol. The summed E-state index contributed by atoms with van der Waals surface area (Å²) < 4.78 is 11.1. The number of oxime groups is 1. The Balaban J connectivity index is 1.78. The molecular formula is C15H12N4O3S. The van der Waals surface area contributed by atoms with Crippen molar-refractivity contribution in [3.63, 3.8) is 0 Å². The molecule has 0 saturated carbocycles. The van der Waals surface area contributed by atoms with E-state index in [2.05, 4.69) is 20.1 Å². The number of oxazole rings is 1. The number of hydrogen-bond donors (Lipinski definition) is 1. The van der Waals surface area contributed by atoms with Gasteiger partial charge in [0.1, 0.15) is 15.6 Å². The quantitative estimate of drug-likeness (QED) is 0.574. The van der Waals surface area contributed by atoms with Gasteiger partial charge in [0.05, 0.1) is 12.3 Å². The lowest BCUT2D eigenvalue weighted by Crippen LogP contribution is -2.15. The van der Waals surface area contributed by atoms with Gasteiger partial charge in [0.25, 0.3) is 0 Å². The van der Waals surface area contributed by atoms with Crippen LogP contribution in [0.25, 0.3) is 21.3 Å². The molecule has 3 aromatic rings. The molecule has 0 radical (unpaired) electrons. The zero-order chi connectivity index (χ0) is 15.8. The molecule has 0 saturated heterocycles. The molecule has 1 N–H and O–H groups in total. The zero-order valence-electron chi connectivity index (χ0n) is 12.2. The van der Waals surface area contributed by atoms with Crippen molar-refractivity contribution in [3.05, 3.63) is 35.9 Å². The molecule has 0 fully saturated rings. The molecule has 0 amide bonds. The third kappa shape index (κ3) is 2.36. The number of fused-ring (bicyclic) bond motifs is 1. The second-order valence-electron chi connectivity index (χ2n) is 4.98. The van der Waals surface area contributed by atoms with Crippen LogP contribution < -0.4 is 4.74 Å². The van der Waals surface area contributed by atoms with Gasteiger partial charge in [0.2, 0.25) is 5.89 Å². The van der Waals surface area contributed by atoms with Crippen LogP contribution >= 0.6 is 11.3 Å². The summed E-state index contributed by atoms with van der Waals surface area (Å²) in [5.41, 5.74) is 2.67. The molecule has 23 heavy (non-hydrogen) atoms. The highest BCUT2D eigenvalue weighted by Crippen LogP contribution is 2.38. The first kappa shape index (κ1) is 13.9. The van der Waals surface area contributed by atoms with Crippen LogP contribution in [0.4, 0.5) is 0 Å². The second-order valence-corrected chi connectivity index (χ2v) is 5.97. The van der Waals surface area contributed by atoms with E-state index in [0.29, 0.717) is 30.3 Å². The van der Waals surface area contributed by atoms with Gasteiger partial charge < -0.3 is 14.4 Å². The van der Waals surface area contributed by atoms with E-state index in [9.17, 15) is 0 Å². The van der Waals surface area contributed by atoms with Crippen LogP contribution in [-0.2, 0) is 0 Å². The van der Waals surface area contributed by atoms with Gasteiger partial charge in [-0.2, -0.15) is 0 Å². The van der Waals surface area contributed by atoms with Crippen molar-refractivity contribution in [2.45, 2.75) is 13.3 Å². The lowest BCUT2D eigenvalue weighted by molar-refractivity contribution is 0.242. The molecular weight excluding hydrogens is 316 g/mol. The summed E-state index contributed by atoms with van der Waals surface area (Å²) in [6.07, 6.45) is 3.99. The Morgan fingerprint density at radius 3 is 3.04 bits per heavy atom. The number of rotatable bonds is 2. The number of aryl methyl sites for hydroxylation is 1. The summed E-state index contributed by atoms with van der Waals surface area (Å²) in [6.45, 7) is 2.31. The smallest absolute Gasteiger partial charge is 0.315 e. The Morgan fingerprint density at radius 1 is 1.35 bits per heavy atom. The van der Waals surface area contributed by atoms with Crippen molar-refractivity contribution in [2.24, 2.45) is 5.16 Å². The SMILES string of the molecule is Cc1nc(-c2cccnc2)sc1-c1nc2c(o1)OCC/C2=N\O. The highest BCUT2D eigenvalue weighted by atomic mass is 32.1. The average Bonchev–Trinajstić information content (AvgIpc) is 3.18. The molecule has 0 bridgehead atoms. The molecule has 1 aliphatic rings. The number of hydrogen-bond acceptors (Lipinski definition) is 8. The van der Waals surface area contributed by atoms with Crippen LogP contribution in [0.3, 0.4) is 0 Å². The Labute approximate surface area is 135 Å². The maximum Gasteiger partial charge on any atom is 0.315 e. The van der Waals surface area contributed by atoms with E-state index in [1.54, 1.807) is 12.4 Å². The Morgan fingerprint density at radius 2 is 2.26 bits per heavy atom. The lowest BCUT2D eigenvalue weighted by atomic mass is 10.2. The standard InChI is InChI=1S/C15H12N4O3S/c1-8-12(23-14(17-8)9-3-2-5-16-7-9)13-18-11-10(19-20)4-6-21-15(11)22-13/h2-3,5,7,20H,4,6H2,1H3/b19-10+. The van der Waals surface area contributed by atoms with Crippen molar-refractivity contribution < 1.29 is 14.4 Å². The summed E-state index contributed by atoms with van der Waals surface area (Å²) >= 11 is 1.47.